The lowest BCUT2D eigenvalue weighted by Gasteiger charge is -2.37. The van der Waals surface area contributed by atoms with E-state index in [1.54, 1.807) is 0 Å². The Morgan fingerprint density at radius 2 is 1.53 bits per heavy atom. The third-order valence-electron chi connectivity index (χ3n) is 3.56. The predicted octanol–water partition coefficient (Wildman–Crippen LogP) is 2.61. The van der Waals surface area contributed by atoms with Gasteiger partial charge in [0, 0.05) is 39.3 Å². The molecule has 0 aliphatic carbocycles. The summed E-state index contributed by atoms with van der Waals surface area (Å²) < 4.78 is 0. The Kier molecular flexibility index (Phi) is 7.56. The molecule has 0 radical (unpaired) electrons. The molecule has 2 nitrogen and oxygen atoms in total. The van der Waals surface area contributed by atoms with E-state index in [2.05, 4.69) is 43.2 Å². The highest BCUT2D eigenvalue weighted by Gasteiger charge is 2.19. The first-order chi connectivity index (χ1) is 8.15. The molecule has 1 saturated heterocycles. The Labute approximate surface area is 113 Å². The second-order valence-electron chi connectivity index (χ2n) is 5.83. The van der Waals surface area contributed by atoms with Crippen LogP contribution in [0.15, 0.2) is 0 Å². The Balaban J connectivity index is 2.22. The van der Waals surface area contributed by atoms with Crippen molar-refractivity contribution < 1.29 is 0 Å². The minimum Gasteiger partial charge on any atom is -0.301 e. The summed E-state index contributed by atoms with van der Waals surface area (Å²) in [4.78, 5) is 5.24. The summed E-state index contributed by atoms with van der Waals surface area (Å²) in [6.07, 6.45) is 2.62. The normalized spacial score (nSPS) is 21.0. The number of rotatable bonds is 7. The largest absolute Gasteiger partial charge is 0.301 e. The molecular weight excluding hydrogens is 228 g/mol. The van der Waals surface area contributed by atoms with Crippen molar-refractivity contribution in [2.45, 2.75) is 33.6 Å². The van der Waals surface area contributed by atoms with Crippen molar-refractivity contribution in [1.29, 1.82) is 0 Å². The van der Waals surface area contributed by atoms with Gasteiger partial charge in [-0.2, -0.15) is 12.6 Å². The van der Waals surface area contributed by atoms with Gasteiger partial charge in [0.1, 0.15) is 0 Å². The SMILES string of the molecule is CCCC(CS)CN1CCN(CC(C)C)CC1. The summed E-state index contributed by atoms with van der Waals surface area (Å²) in [5.41, 5.74) is 0. The average molecular weight is 258 g/mol. The Morgan fingerprint density at radius 3 is 1.94 bits per heavy atom. The number of thiol groups is 1. The second-order valence-corrected chi connectivity index (χ2v) is 6.20. The molecule has 1 heterocycles. The smallest absolute Gasteiger partial charge is 0.0110 e. The number of hydrogen-bond donors (Lipinski definition) is 1. The average Bonchev–Trinajstić information content (AvgIpc) is 2.30. The van der Waals surface area contributed by atoms with Crippen molar-refractivity contribution in [2.24, 2.45) is 11.8 Å². The van der Waals surface area contributed by atoms with Crippen LogP contribution < -0.4 is 0 Å². The van der Waals surface area contributed by atoms with E-state index in [-0.39, 0.29) is 0 Å². The summed E-state index contributed by atoms with van der Waals surface area (Å²) in [5, 5.41) is 0. The highest BCUT2D eigenvalue weighted by molar-refractivity contribution is 7.80. The van der Waals surface area contributed by atoms with Crippen LogP contribution in [0.2, 0.25) is 0 Å². The molecule has 0 aromatic carbocycles. The van der Waals surface area contributed by atoms with Gasteiger partial charge in [0.2, 0.25) is 0 Å². The molecule has 1 aliphatic heterocycles. The fourth-order valence-corrected chi connectivity index (χ4v) is 2.98. The number of nitrogens with zero attached hydrogens (tertiary/aromatic N) is 2. The summed E-state index contributed by atoms with van der Waals surface area (Å²) >= 11 is 4.48. The quantitative estimate of drug-likeness (QED) is 0.701. The van der Waals surface area contributed by atoms with Gasteiger partial charge in [0.15, 0.2) is 0 Å². The van der Waals surface area contributed by atoms with Gasteiger partial charge in [0.05, 0.1) is 0 Å². The zero-order chi connectivity index (χ0) is 12.7. The van der Waals surface area contributed by atoms with Crippen molar-refractivity contribution in [3.05, 3.63) is 0 Å². The maximum atomic E-state index is 4.48. The van der Waals surface area contributed by atoms with Crippen LogP contribution in [0.4, 0.5) is 0 Å². The van der Waals surface area contributed by atoms with Gasteiger partial charge in [-0.25, -0.2) is 0 Å². The summed E-state index contributed by atoms with van der Waals surface area (Å²) in [6, 6.07) is 0. The molecule has 3 heteroatoms. The fourth-order valence-electron chi connectivity index (χ4n) is 2.68. The van der Waals surface area contributed by atoms with Crippen LogP contribution in [-0.4, -0.2) is 54.8 Å². The highest BCUT2D eigenvalue weighted by atomic mass is 32.1. The molecule has 1 atom stereocenters. The maximum Gasteiger partial charge on any atom is 0.0110 e. The van der Waals surface area contributed by atoms with Gasteiger partial charge in [0.25, 0.3) is 0 Å². The molecule has 1 aliphatic rings. The molecule has 1 rings (SSSR count). The Hall–Kier alpha value is 0.270. The minimum atomic E-state index is 0.792. The van der Waals surface area contributed by atoms with Crippen LogP contribution >= 0.6 is 12.6 Å². The van der Waals surface area contributed by atoms with Crippen LogP contribution in [0.1, 0.15) is 33.6 Å². The van der Waals surface area contributed by atoms with Crippen molar-refractivity contribution in [1.82, 2.24) is 9.80 Å². The maximum absolute atomic E-state index is 4.48. The summed E-state index contributed by atoms with van der Waals surface area (Å²) in [7, 11) is 0. The van der Waals surface area contributed by atoms with Crippen molar-refractivity contribution >= 4 is 12.6 Å². The Morgan fingerprint density at radius 1 is 1.00 bits per heavy atom. The lowest BCUT2D eigenvalue weighted by atomic mass is 10.0. The van der Waals surface area contributed by atoms with E-state index in [0.29, 0.717) is 0 Å². The van der Waals surface area contributed by atoms with Crippen LogP contribution in [0.5, 0.6) is 0 Å². The van der Waals surface area contributed by atoms with Gasteiger partial charge in [-0.15, -0.1) is 0 Å². The molecule has 1 unspecified atom stereocenters. The van der Waals surface area contributed by atoms with Crippen LogP contribution in [0.25, 0.3) is 0 Å². The van der Waals surface area contributed by atoms with E-state index in [9.17, 15) is 0 Å². The second kappa shape index (κ2) is 8.39. The first-order valence-electron chi connectivity index (χ1n) is 7.21. The van der Waals surface area contributed by atoms with Crippen LogP contribution in [0, 0.1) is 11.8 Å². The molecule has 0 N–H and O–H groups in total. The summed E-state index contributed by atoms with van der Waals surface area (Å²) in [6.45, 7) is 14.4. The van der Waals surface area contributed by atoms with E-state index >= 15 is 0 Å². The number of hydrogen-bond acceptors (Lipinski definition) is 3. The molecule has 0 spiro atoms. The zero-order valence-corrected chi connectivity index (χ0v) is 12.8. The first-order valence-corrected chi connectivity index (χ1v) is 7.84. The first kappa shape index (κ1) is 15.3. The van der Waals surface area contributed by atoms with Gasteiger partial charge >= 0.3 is 0 Å². The van der Waals surface area contributed by atoms with Crippen molar-refractivity contribution in [3.8, 4) is 0 Å². The standard InChI is InChI=1S/C14H30N2S/c1-4-5-14(12-17)11-16-8-6-15(7-9-16)10-13(2)3/h13-14,17H,4-12H2,1-3H3. The van der Waals surface area contributed by atoms with Gasteiger partial charge in [-0.1, -0.05) is 27.2 Å². The van der Waals surface area contributed by atoms with Crippen molar-refractivity contribution in [3.63, 3.8) is 0 Å². The lowest BCUT2D eigenvalue weighted by molar-refractivity contribution is 0.110. The lowest BCUT2D eigenvalue weighted by Crippen LogP contribution is -2.48. The monoisotopic (exact) mass is 258 g/mol. The van der Waals surface area contributed by atoms with E-state index < -0.39 is 0 Å². The topological polar surface area (TPSA) is 6.48 Å². The van der Waals surface area contributed by atoms with E-state index in [0.717, 1.165) is 17.6 Å². The fraction of sp³-hybridized carbons (Fsp3) is 1.00. The molecule has 0 saturated carbocycles. The molecule has 1 fully saturated rings. The van der Waals surface area contributed by atoms with Gasteiger partial charge < -0.3 is 9.80 Å². The van der Waals surface area contributed by atoms with E-state index in [1.165, 1.54) is 52.1 Å². The van der Waals surface area contributed by atoms with Crippen molar-refractivity contribution in [2.75, 3.05) is 45.0 Å². The minimum absolute atomic E-state index is 0.792. The summed E-state index contributed by atoms with van der Waals surface area (Å²) in [5.74, 6) is 2.63. The van der Waals surface area contributed by atoms with Crippen LogP contribution in [0.3, 0.4) is 0 Å². The molecule has 0 aromatic heterocycles. The van der Waals surface area contributed by atoms with Gasteiger partial charge in [-0.3, -0.25) is 0 Å². The molecule has 17 heavy (non-hydrogen) atoms. The van der Waals surface area contributed by atoms with E-state index in [4.69, 9.17) is 0 Å². The molecule has 0 aromatic rings. The van der Waals surface area contributed by atoms with E-state index in [1.807, 2.05) is 0 Å². The van der Waals surface area contributed by atoms with Crippen LogP contribution in [-0.2, 0) is 0 Å². The third kappa shape index (κ3) is 6.12. The molecular formula is C14H30N2S. The molecule has 102 valence electrons. The zero-order valence-electron chi connectivity index (χ0n) is 11.9. The Bertz CT molecular complexity index is 189. The predicted molar refractivity (Wildman–Crippen MR) is 80.0 cm³/mol. The van der Waals surface area contributed by atoms with Gasteiger partial charge in [-0.05, 0) is 24.0 Å². The molecule has 0 bridgehead atoms. The molecule has 0 amide bonds. The highest BCUT2D eigenvalue weighted by Crippen LogP contribution is 2.13. The third-order valence-corrected chi connectivity index (χ3v) is 4.08. The number of piperazine rings is 1.